The number of ether oxygens (including phenoxy) is 2. The number of methoxy groups -OCH3 is 1. The molecule has 1 aliphatic carbocycles. The fourth-order valence-electron chi connectivity index (χ4n) is 4.66. The molecule has 0 bridgehead atoms. The maximum atomic E-state index is 12.7. The van der Waals surface area contributed by atoms with Crippen LogP contribution in [0.1, 0.15) is 52.0 Å². The van der Waals surface area contributed by atoms with Crippen LogP contribution in [0.25, 0.3) is 0 Å². The molecule has 0 radical (unpaired) electrons. The molecule has 2 aromatic rings. The van der Waals surface area contributed by atoms with Gasteiger partial charge in [0.2, 0.25) is 5.91 Å². The molecule has 9 heteroatoms. The fourth-order valence-corrected chi connectivity index (χ4v) is 4.66. The Morgan fingerprint density at radius 1 is 1.06 bits per heavy atom. The minimum absolute atomic E-state index is 0.0564. The number of fused-ring (bicyclic) bond motifs is 1. The van der Waals surface area contributed by atoms with Crippen molar-refractivity contribution in [3.8, 4) is 11.5 Å². The zero-order valence-corrected chi connectivity index (χ0v) is 18.1. The van der Waals surface area contributed by atoms with Gasteiger partial charge in [0.25, 0.3) is 11.8 Å². The van der Waals surface area contributed by atoms with Gasteiger partial charge in [-0.25, -0.2) is 0 Å². The molecule has 4 rings (SSSR count). The van der Waals surface area contributed by atoms with Gasteiger partial charge in [0.1, 0.15) is 6.54 Å². The summed E-state index contributed by atoms with van der Waals surface area (Å²) in [6, 6.07) is 11.3. The van der Waals surface area contributed by atoms with Crippen molar-refractivity contribution in [2.75, 3.05) is 20.2 Å². The Bertz CT molecular complexity index is 1050. The van der Waals surface area contributed by atoms with Gasteiger partial charge in [0.15, 0.2) is 11.5 Å². The van der Waals surface area contributed by atoms with Gasteiger partial charge in [0, 0.05) is 12.0 Å². The zero-order valence-electron chi connectivity index (χ0n) is 18.1. The van der Waals surface area contributed by atoms with Crippen LogP contribution in [-0.2, 0) is 10.2 Å². The molecular formula is C24H24F2N2O5. The number of carbonyl (C=O) groups is 3. The SMILES string of the molecule is COc1cc(C2(CNC(=O)CN3C(=O)c4ccccc4C3=O)CCCC2)ccc1OC(F)F. The lowest BCUT2D eigenvalue weighted by molar-refractivity contribution is -0.121. The molecule has 0 spiro atoms. The summed E-state index contributed by atoms with van der Waals surface area (Å²) in [5.74, 6) is -1.28. The third-order valence-electron chi connectivity index (χ3n) is 6.36. The first kappa shape index (κ1) is 22.7. The first-order valence-corrected chi connectivity index (χ1v) is 10.7. The number of halogens is 2. The molecular weight excluding hydrogens is 434 g/mol. The monoisotopic (exact) mass is 458 g/mol. The Morgan fingerprint density at radius 3 is 2.27 bits per heavy atom. The summed E-state index contributed by atoms with van der Waals surface area (Å²) in [7, 11) is 1.38. The van der Waals surface area contributed by atoms with Crippen LogP contribution in [-0.4, -0.2) is 49.4 Å². The number of nitrogens with zero attached hydrogens (tertiary/aromatic N) is 1. The Labute approximate surface area is 189 Å². The van der Waals surface area contributed by atoms with Gasteiger partial charge in [-0.1, -0.05) is 31.0 Å². The van der Waals surface area contributed by atoms with E-state index in [1.807, 2.05) is 0 Å². The molecule has 174 valence electrons. The second-order valence-corrected chi connectivity index (χ2v) is 8.25. The van der Waals surface area contributed by atoms with Gasteiger partial charge in [0.05, 0.1) is 18.2 Å². The van der Waals surface area contributed by atoms with Crippen molar-refractivity contribution in [3.63, 3.8) is 0 Å². The molecule has 2 aliphatic rings. The number of imide groups is 1. The predicted octanol–water partition coefficient (Wildman–Crippen LogP) is 3.52. The van der Waals surface area contributed by atoms with E-state index in [9.17, 15) is 23.2 Å². The number of amides is 3. The van der Waals surface area contributed by atoms with Crippen molar-refractivity contribution in [1.29, 1.82) is 0 Å². The van der Waals surface area contributed by atoms with E-state index in [1.54, 1.807) is 36.4 Å². The van der Waals surface area contributed by atoms with E-state index >= 15 is 0 Å². The van der Waals surface area contributed by atoms with E-state index in [0.717, 1.165) is 36.1 Å². The molecule has 33 heavy (non-hydrogen) atoms. The van der Waals surface area contributed by atoms with Gasteiger partial charge < -0.3 is 14.8 Å². The minimum Gasteiger partial charge on any atom is -0.493 e. The number of benzene rings is 2. The average Bonchev–Trinajstić information content (AvgIpc) is 3.38. The molecule has 1 saturated carbocycles. The van der Waals surface area contributed by atoms with Crippen molar-refractivity contribution in [1.82, 2.24) is 10.2 Å². The maximum Gasteiger partial charge on any atom is 0.387 e. The quantitative estimate of drug-likeness (QED) is 0.612. The van der Waals surface area contributed by atoms with Gasteiger partial charge in [-0.15, -0.1) is 0 Å². The number of carbonyl (C=O) groups excluding carboxylic acids is 3. The summed E-state index contributed by atoms with van der Waals surface area (Å²) in [4.78, 5) is 38.7. The molecule has 0 unspecified atom stereocenters. The molecule has 0 saturated heterocycles. The molecule has 0 aromatic heterocycles. The Balaban J connectivity index is 1.46. The number of nitrogens with one attached hydrogen (secondary N) is 1. The van der Waals surface area contributed by atoms with Crippen molar-refractivity contribution < 1.29 is 32.6 Å². The maximum absolute atomic E-state index is 12.7. The van der Waals surface area contributed by atoms with E-state index in [4.69, 9.17) is 4.74 Å². The molecule has 7 nitrogen and oxygen atoms in total. The number of hydrogen-bond donors (Lipinski definition) is 1. The minimum atomic E-state index is -2.97. The molecule has 1 heterocycles. The Morgan fingerprint density at radius 2 is 1.70 bits per heavy atom. The highest BCUT2D eigenvalue weighted by atomic mass is 19.3. The zero-order chi connectivity index (χ0) is 23.6. The predicted molar refractivity (Wildman–Crippen MR) is 115 cm³/mol. The highest BCUT2D eigenvalue weighted by Gasteiger charge is 2.39. The number of alkyl halides is 2. The van der Waals surface area contributed by atoms with Gasteiger partial charge in [-0.2, -0.15) is 8.78 Å². The highest BCUT2D eigenvalue weighted by molar-refractivity contribution is 6.22. The van der Waals surface area contributed by atoms with Crippen LogP contribution in [0.15, 0.2) is 42.5 Å². The first-order chi connectivity index (χ1) is 15.8. The molecule has 1 N–H and O–H groups in total. The second kappa shape index (κ2) is 9.17. The van der Waals surface area contributed by atoms with Crippen LogP contribution in [0, 0.1) is 0 Å². The van der Waals surface area contributed by atoms with E-state index < -0.39 is 29.7 Å². The van der Waals surface area contributed by atoms with Crippen molar-refractivity contribution in [2.24, 2.45) is 0 Å². The smallest absolute Gasteiger partial charge is 0.387 e. The lowest BCUT2D eigenvalue weighted by atomic mass is 9.78. The summed E-state index contributed by atoms with van der Waals surface area (Å²) >= 11 is 0. The van der Waals surface area contributed by atoms with Crippen LogP contribution in [0.4, 0.5) is 8.78 Å². The topological polar surface area (TPSA) is 84.9 Å². The van der Waals surface area contributed by atoms with Gasteiger partial charge in [-0.05, 0) is 42.7 Å². The van der Waals surface area contributed by atoms with Crippen molar-refractivity contribution in [3.05, 3.63) is 59.2 Å². The van der Waals surface area contributed by atoms with Crippen LogP contribution >= 0.6 is 0 Å². The van der Waals surface area contributed by atoms with Gasteiger partial charge >= 0.3 is 6.61 Å². The summed E-state index contributed by atoms with van der Waals surface area (Å²) in [5.41, 5.74) is 1.02. The third-order valence-corrected chi connectivity index (χ3v) is 6.36. The normalized spacial score (nSPS) is 16.8. The lowest BCUT2D eigenvalue weighted by Gasteiger charge is -2.31. The third kappa shape index (κ3) is 4.40. The van der Waals surface area contributed by atoms with E-state index in [2.05, 4.69) is 10.1 Å². The summed E-state index contributed by atoms with van der Waals surface area (Å²) < 4.78 is 35.1. The average molecular weight is 458 g/mol. The van der Waals surface area contributed by atoms with E-state index in [1.165, 1.54) is 13.2 Å². The lowest BCUT2D eigenvalue weighted by Crippen LogP contribution is -2.45. The molecule has 0 atom stereocenters. The van der Waals surface area contributed by atoms with E-state index in [0.29, 0.717) is 11.1 Å². The van der Waals surface area contributed by atoms with Crippen molar-refractivity contribution >= 4 is 17.7 Å². The number of rotatable bonds is 8. The standard InChI is InChI=1S/C24H24F2N2O5/c1-32-19-12-15(8-9-18(19)33-23(25)26)24(10-4-5-11-24)14-27-20(29)13-28-21(30)16-6-2-3-7-17(16)22(28)31/h2-3,6-9,12,23H,4-5,10-11,13-14H2,1H3,(H,27,29). The van der Waals surface area contributed by atoms with Gasteiger partial charge in [-0.3, -0.25) is 19.3 Å². The van der Waals surface area contributed by atoms with Crippen LogP contribution in [0.3, 0.4) is 0 Å². The fraction of sp³-hybridized carbons (Fsp3) is 0.375. The summed E-state index contributed by atoms with van der Waals surface area (Å²) in [5, 5.41) is 2.87. The van der Waals surface area contributed by atoms with Crippen LogP contribution < -0.4 is 14.8 Å². The Hall–Kier alpha value is -3.49. The largest absolute Gasteiger partial charge is 0.493 e. The van der Waals surface area contributed by atoms with Crippen LogP contribution in [0.2, 0.25) is 0 Å². The summed E-state index contributed by atoms with van der Waals surface area (Å²) in [6.45, 7) is -3.05. The second-order valence-electron chi connectivity index (χ2n) is 8.25. The molecule has 1 aliphatic heterocycles. The van der Waals surface area contributed by atoms with Crippen LogP contribution in [0.5, 0.6) is 11.5 Å². The molecule has 3 amide bonds. The molecule has 1 fully saturated rings. The summed E-state index contributed by atoms with van der Waals surface area (Å²) in [6.07, 6.45) is 3.48. The highest BCUT2D eigenvalue weighted by Crippen LogP contribution is 2.43. The van der Waals surface area contributed by atoms with E-state index in [-0.39, 0.29) is 24.6 Å². The van der Waals surface area contributed by atoms with Crippen molar-refractivity contribution in [2.45, 2.75) is 37.7 Å². The first-order valence-electron chi connectivity index (χ1n) is 10.7. The molecule has 2 aromatic carbocycles. The number of hydrogen-bond acceptors (Lipinski definition) is 5. The Kier molecular flexibility index (Phi) is 6.31.